The maximum absolute atomic E-state index is 11.9. The number of ether oxygens (including phenoxy) is 1. The van der Waals surface area contributed by atoms with E-state index in [-0.39, 0.29) is 12.2 Å². The maximum atomic E-state index is 11.9. The lowest BCUT2D eigenvalue weighted by Crippen LogP contribution is -2.45. The summed E-state index contributed by atoms with van der Waals surface area (Å²) in [5, 5.41) is 1.34. The van der Waals surface area contributed by atoms with Gasteiger partial charge in [0.15, 0.2) is 0 Å². The zero-order chi connectivity index (χ0) is 15.2. The molecule has 3 nitrogen and oxygen atoms in total. The van der Waals surface area contributed by atoms with Crippen molar-refractivity contribution in [3.8, 4) is 0 Å². The van der Waals surface area contributed by atoms with Crippen molar-refractivity contribution < 1.29 is 14.3 Å². The molecule has 0 aliphatic rings. The molecule has 0 saturated heterocycles. The normalized spacial score (nSPS) is 12.8. The molecule has 0 bridgehead atoms. The monoisotopic (exact) mass is 292 g/mol. The number of esters is 1. The Morgan fingerprint density at radius 1 is 1.20 bits per heavy atom. The quantitative estimate of drug-likeness (QED) is 0.441. The third kappa shape index (κ3) is 4.60. The van der Waals surface area contributed by atoms with E-state index < -0.39 is 14.0 Å². The Morgan fingerprint density at radius 2 is 1.80 bits per heavy atom. The van der Waals surface area contributed by atoms with Crippen LogP contribution < -0.4 is 5.19 Å². The molecule has 1 aromatic carbocycles. The van der Waals surface area contributed by atoms with E-state index >= 15 is 0 Å². The number of carbonyl (C=O) groups is 2. The van der Waals surface area contributed by atoms with Gasteiger partial charge in [0.2, 0.25) is 0 Å². The van der Waals surface area contributed by atoms with Crippen LogP contribution in [0.5, 0.6) is 0 Å². The molecular weight excluding hydrogens is 268 g/mol. The van der Waals surface area contributed by atoms with Crippen LogP contribution in [0.4, 0.5) is 0 Å². The molecular formula is C16H24O3Si. The number of hydrogen-bond acceptors (Lipinski definition) is 3. The third-order valence-corrected chi connectivity index (χ3v) is 8.42. The first-order chi connectivity index (χ1) is 9.37. The van der Waals surface area contributed by atoms with Gasteiger partial charge in [-0.2, -0.15) is 0 Å². The molecule has 4 heteroatoms. The van der Waals surface area contributed by atoms with Gasteiger partial charge in [0, 0.05) is 6.42 Å². The highest BCUT2D eigenvalue weighted by molar-refractivity contribution is 6.91. The smallest absolute Gasteiger partial charge is 0.313 e. The van der Waals surface area contributed by atoms with Crippen molar-refractivity contribution in [2.75, 3.05) is 6.61 Å². The molecule has 0 fully saturated rings. The summed E-state index contributed by atoms with van der Waals surface area (Å²) in [7, 11) is -1.69. The predicted molar refractivity (Wildman–Crippen MR) is 83.9 cm³/mol. The van der Waals surface area contributed by atoms with Crippen LogP contribution in [0.1, 0.15) is 26.7 Å². The molecule has 0 aromatic heterocycles. The number of benzene rings is 1. The third-order valence-electron chi connectivity index (χ3n) is 3.93. The molecule has 0 unspecified atom stereocenters. The molecule has 0 N–H and O–H groups in total. The lowest BCUT2D eigenvalue weighted by Gasteiger charge is -2.30. The van der Waals surface area contributed by atoms with Gasteiger partial charge in [-0.25, -0.2) is 0 Å². The molecule has 20 heavy (non-hydrogen) atoms. The van der Waals surface area contributed by atoms with Gasteiger partial charge < -0.3 is 4.74 Å². The fraction of sp³-hybridized carbons (Fsp3) is 0.500. The molecule has 110 valence electrons. The lowest BCUT2D eigenvalue weighted by molar-refractivity contribution is -0.145. The van der Waals surface area contributed by atoms with Crippen LogP contribution in [-0.4, -0.2) is 26.4 Å². The average Bonchev–Trinajstić information content (AvgIpc) is 2.39. The number of ketones is 1. The summed E-state index contributed by atoms with van der Waals surface area (Å²) < 4.78 is 4.82. The molecule has 0 aliphatic heterocycles. The van der Waals surface area contributed by atoms with Crippen molar-refractivity contribution in [3.05, 3.63) is 30.3 Å². The number of hydrogen-bond donors (Lipinski definition) is 0. The highest BCUT2D eigenvalue weighted by atomic mass is 28.3. The predicted octanol–water partition coefficient (Wildman–Crippen LogP) is 2.90. The van der Waals surface area contributed by atoms with Crippen molar-refractivity contribution in [2.45, 2.75) is 45.3 Å². The fourth-order valence-corrected chi connectivity index (χ4v) is 4.55. The van der Waals surface area contributed by atoms with Crippen molar-refractivity contribution in [1.82, 2.24) is 0 Å². The van der Waals surface area contributed by atoms with E-state index in [0.29, 0.717) is 18.6 Å². The first kappa shape index (κ1) is 16.6. The van der Waals surface area contributed by atoms with Crippen molar-refractivity contribution in [3.63, 3.8) is 0 Å². The van der Waals surface area contributed by atoms with Crippen LogP contribution in [0.3, 0.4) is 0 Å². The molecule has 0 heterocycles. The second-order valence-corrected chi connectivity index (χ2v) is 10.7. The lowest BCUT2D eigenvalue weighted by atomic mass is 10.2. The molecule has 0 aliphatic carbocycles. The zero-order valence-corrected chi connectivity index (χ0v) is 13.8. The van der Waals surface area contributed by atoms with Gasteiger partial charge in [0.1, 0.15) is 12.2 Å². The van der Waals surface area contributed by atoms with Crippen LogP contribution in [0.15, 0.2) is 30.3 Å². The Morgan fingerprint density at radius 3 is 2.35 bits per heavy atom. The van der Waals surface area contributed by atoms with E-state index in [2.05, 4.69) is 32.2 Å². The van der Waals surface area contributed by atoms with Gasteiger partial charge in [0.05, 0.1) is 14.7 Å². The maximum Gasteiger partial charge on any atom is 0.313 e. The molecule has 1 atom stereocenters. The second kappa shape index (κ2) is 7.38. The Kier molecular flexibility index (Phi) is 6.14. The Balaban J connectivity index is 2.63. The Bertz CT molecular complexity index is 454. The summed E-state index contributed by atoms with van der Waals surface area (Å²) in [6, 6.07) is 10.4. The molecule has 0 amide bonds. The van der Waals surface area contributed by atoms with E-state index in [0.717, 1.165) is 0 Å². The van der Waals surface area contributed by atoms with E-state index in [1.807, 2.05) is 18.2 Å². The van der Waals surface area contributed by atoms with Crippen LogP contribution in [0.25, 0.3) is 0 Å². The second-order valence-electron chi connectivity index (χ2n) is 5.71. The summed E-state index contributed by atoms with van der Waals surface area (Å²) in [5.41, 5.74) is 0.298. The minimum absolute atomic E-state index is 0.0209. The van der Waals surface area contributed by atoms with Crippen molar-refractivity contribution in [1.29, 1.82) is 0 Å². The van der Waals surface area contributed by atoms with Gasteiger partial charge in [-0.1, -0.05) is 55.5 Å². The minimum atomic E-state index is -1.69. The fourth-order valence-electron chi connectivity index (χ4n) is 2.19. The topological polar surface area (TPSA) is 43.4 Å². The Hall–Kier alpha value is -1.42. The van der Waals surface area contributed by atoms with Crippen LogP contribution in [0, 0.1) is 0 Å². The van der Waals surface area contributed by atoms with Gasteiger partial charge in [-0.3, -0.25) is 9.59 Å². The summed E-state index contributed by atoms with van der Waals surface area (Å²) in [4.78, 5) is 23.3. The largest absolute Gasteiger partial charge is 0.466 e. The van der Waals surface area contributed by atoms with Gasteiger partial charge in [0.25, 0.3) is 0 Å². The van der Waals surface area contributed by atoms with Crippen LogP contribution in [-0.2, 0) is 14.3 Å². The van der Waals surface area contributed by atoms with Crippen molar-refractivity contribution in [2.24, 2.45) is 0 Å². The minimum Gasteiger partial charge on any atom is -0.466 e. The first-order valence-corrected chi connectivity index (χ1v) is 10.2. The molecule has 0 radical (unpaired) electrons. The standard InChI is InChI=1S/C16H24O3Si/c1-5-19-16(18)12-14(17)11-13(2)20(3,4)15-9-7-6-8-10-15/h6-10,13H,5,11-12H2,1-4H3/t13-/m0/s1. The summed E-state index contributed by atoms with van der Waals surface area (Å²) in [5.74, 6) is -0.434. The van der Waals surface area contributed by atoms with E-state index in [1.54, 1.807) is 6.92 Å². The SMILES string of the molecule is CCOC(=O)CC(=O)C[C@H](C)[Si](C)(C)c1ccccc1. The zero-order valence-electron chi connectivity index (χ0n) is 12.8. The number of Topliss-reactive ketones (excluding diaryl/α,β-unsaturated/α-hetero) is 1. The van der Waals surface area contributed by atoms with Crippen LogP contribution >= 0.6 is 0 Å². The first-order valence-electron chi connectivity index (χ1n) is 7.10. The highest BCUT2D eigenvalue weighted by Crippen LogP contribution is 2.25. The number of carbonyl (C=O) groups excluding carboxylic acids is 2. The van der Waals surface area contributed by atoms with Gasteiger partial charge >= 0.3 is 5.97 Å². The summed E-state index contributed by atoms with van der Waals surface area (Å²) >= 11 is 0. The number of rotatable bonds is 7. The van der Waals surface area contributed by atoms with Crippen LogP contribution in [0.2, 0.25) is 18.6 Å². The van der Waals surface area contributed by atoms with E-state index in [9.17, 15) is 9.59 Å². The summed E-state index contributed by atoms with van der Waals surface area (Å²) in [6.45, 7) is 8.72. The van der Waals surface area contributed by atoms with Gasteiger partial charge in [-0.05, 0) is 12.5 Å². The van der Waals surface area contributed by atoms with E-state index in [1.165, 1.54) is 5.19 Å². The highest BCUT2D eigenvalue weighted by Gasteiger charge is 2.31. The Labute approximate surface area is 122 Å². The van der Waals surface area contributed by atoms with Gasteiger partial charge in [-0.15, -0.1) is 0 Å². The van der Waals surface area contributed by atoms with Crippen molar-refractivity contribution >= 4 is 25.0 Å². The molecule has 0 saturated carbocycles. The average molecular weight is 292 g/mol. The summed E-state index contributed by atoms with van der Waals surface area (Å²) in [6.07, 6.45) is 0.352. The molecule has 1 rings (SSSR count). The molecule has 0 spiro atoms. The molecule has 1 aromatic rings. The van der Waals surface area contributed by atoms with E-state index in [4.69, 9.17) is 4.74 Å².